The maximum absolute atomic E-state index is 11.9. The summed E-state index contributed by atoms with van der Waals surface area (Å²) in [6.07, 6.45) is -4.39. The Bertz CT molecular complexity index is 428. The van der Waals surface area contributed by atoms with Crippen molar-refractivity contribution in [1.29, 1.82) is 0 Å². The number of halogens is 3. The number of amides is 2. The Morgan fingerprint density at radius 3 is 2.50 bits per heavy atom. The molecule has 2 amide bonds. The summed E-state index contributed by atoms with van der Waals surface area (Å²) in [6, 6.07) is 0.792. The molecule has 0 aliphatic heterocycles. The van der Waals surface area contributed by atoms with Crippen molar-refractivity contribution in [2.75, 3.05) is 6.54 Å². The van der Waals surface area contributed by atoms with Crippen LogP contribution < -0.4 is 10.6 Å². The number of hydrogen-bond donors (Lipinski definition) is 2. The van der Waals surface area contributed by atoms with Crippen LogP contribution in [0.1, 0.15) is 28.3 Å². The first-order chi connectivity index (χ1) is 8.19. The lowest BCUT2D eigenvalue weighted by molar-refractivity contribution is -0.122. The van der Waals surface area contributed by atoms with Crippen molar-refractivity contribution in [2.45, 2.75) is 33.0 Å². The minimum atomic E-state index is -4.39. The normalized spacial score (nSPS) is 13.2. The van der Waals surface area contributed by atoms with Gasteiger partial charge in [0.05, 0.1) is 6.04 Å². The van der Waals surface area contributed by atoms with Crippen LogP contribution in [0.5, 0.6) is 0 Å². The standard InChI is InChI=1S/C11H15F3N2OS/c1-6-4-9(8(3)18-6)7(2)16-10(17)15-5-11(12,13)14/h4,7H,5H2,1-3H3,(H2,15,16,17). The van der Waals surface area contributed by atoms with E-state index in [1.807, 2.05) is 19.9 Å². The fourth-order valence-corrected chi connectivity index (χ4v) is 2.61. The minimum Gasteiger partial charge on any atom is -0.332 e. The number of carbonyl (C=O) groups is 1. The Labute approximate surface area is 107 Å². The number of alkyl halides is 3. The Morgan fingerprint density at radius 1 is 1.44 bits per heavy atom. The van der Waals surface area contributed by atoms with Crippen LogP contribution in [0.3, 0.4) is 0 Å². The first-order valence-corrected chi connectivity index (χ1v) is 6.18. The number of urea groups is 1. The predicted molar refractivity (Wildman–Crippen MR) is 64.8 cm³/mol. The summed E-state index contributed by atoms with van der Waals surface area (Å²) in [5.74, 6) is 0. The van der Waals surface area contributed by atoms with E-state index in [1.54, 1.807) is 23.6 Å². The van der Waals surface area contributed by atoms with Gasteiger partial charge in [-0.2, -0.15) is 13.2 Å². The van der Waals surface area contributed by atoms with Crippen molar-refractivity contribution in [2.24, 2.45) is 0 Å². The van der Waals surface area contributed by atoms with Gasteiger partial charge in [0.25, 0.3) is 0 Å². The lowest BCUT2D eigenvalue weighted by Crippen LogP contribution is -2.41. The van der Waals surface area contributed by atoms with E-state index in [4.69, 9.17) is 0 Å². The van der Waals surface area contributed by atoms with Gasteiger partial charge >= 0.3 is 12.2 Å². The average molecular weight is 280 g/mol. The van der Waals surface area contributed by atoms with Gasteiger partial charge in [-0.05, 0) is 32.4 Å². The molecule has 3 nitrogen and oxygen atoms in total. The van der Waals surface area contributed by atoms with Crippen LogP contribution in [-0.4, -0.2) is 18.8 Å². The average Bonchev–Trinajstić information content (AvgIpc) is 2.54. The molecule has 0 fully saturated rings. The Morgan fingerprint density at radius 2 is 2.06 bits per heavy atom. The van der Waals surface area contributed by atoms with Gasteiger partial charge in [0.2, 0.25) is 0 Å². The molecule has 0 spiro atoms. The summed E-state index contributed by atoms with van der Waals surface area (Å²) in [5, 5.41) is 4.26. The lowest BCUT2D eigenvalue weighted by Gasteiger charge is -2.15. The highest BCUT2D eigenvalue weighted by Crippen LogP contribution is 2.25. The van der Waals surface area contributed by atoms with Crippen molar-refractivity contribution in [3.05, 3.63) is 21.4 Å². The monoisotopic (exact) mass is 280 g/mol. The third kappa shape index (κ3) is 4.56. The zero-order chi connectivity index (χ0) is 13.9. The van der Waals surface area contributed by atoms with Gasteiger partial charge in [-0.25, -0.2) is 4.79 Å². The van der Waals surface area contributed by atoms with Crippen LogP contribution >= 0.6 is 11.3 Å². The van der Waals surface area contributed by atoms with Crippen LogP contribution in [0, 0.1) is 13.8 Å². The molecule has 1 aromatic rings. The third-order valence-electron chi connectivity index (χ3n) is 2.34. The van der Waals surface area contributed by atoms with E-state index >= 15 is 0 Å². The molecule has 0 aliphatic carbocycles. The molecule has 2 N–H and O–H groups in total. The molecule has 1 unspecified atom stereocenters. The van der Waals surface area contributed by atoms with Crippen LogP contribution in [-0.2, 0) is 0 Å². The number of aryl methyl sites for hydroxylation is 2. The van der Waals surface area contributed by atoms with E-state index in [2.05, 4.69) is 5.32 Å². The highest BCUT2D eigenvalue weighted by molar-refractivity contribution is 7.12. The van der Waals surface area contributed by atoms with E-state index < -0.39 is 18.8 Å². The second-order valence-corrected chi connectivity index (χ2v) is 5.49. The molecule has 1 heterocycles. The topological polar surface area (TPSA) is 41.1 Å². The van der Waals surface area contributed by atoms with E-state index in [0.29, 0.717) is 0 Å². The van der Waals surface area contributed by atoms with E-state index in [-0.39, 0.29) is 6.04 Å². The molecule has 7 heteroatoms. The van der Waals surface area contributed by atoms with Crippen LogP contribution in [0.4, 0.5) is 18.0 Å². The third-order valence-corrected chi connectivity index (χ3v) is 3.32. The van der Waals surface area contributed by atoms with Crippen molar-refractivity contribution in [3.63, 3.8) is 0 Å². The van der Waals surface area contributed by atoms with Gasteiger partial charge in [0, 0.05) is 9.75 Å². The van der Waals surface area contributed by atoms with Crippen molar-refractivity contribution >= 4 is 17.4 Å². The Balaban J connectivity index is 2.52. The molecule has 0 bridgehead atoms. The molecular formula is C11H15F3N2OS. The molecule has 0 aliphatic rings. The quantitative estimate of drug-likeness (QED) is 0.876. The predicted octanol–water partition coefficient (Wildman–Crippen LogP) is 3.29. The Hall–Kier alpha value is -1.24. The van der Waals surface area contributed by atoms with Gasteiger partial charge in [0.15, 0.2) is 0 Å². The summed E-state index contributed by atoms with van der Waals surface area (Å²) in [5.41, 5.74) is 0.930. The Kier molecular flexibility index (Phi) is 4.61. The largest absolute Gasteiger partial charge is 0.405 e. The van der Waals surface area contributed by atoms with E-state index in [1.165, 1.54) is 0 Å². The summed E-state index contributed by atoms with van der Waals surface area (Å²) in [7, 11) is 0. The van der Waals surface area contributed by atoms with Crippen molar-refractivity contribution in [1.82, 2.24) is 10.6 Å². The van der Waals surface area contributed by atoms with Crippen LogP contribution in [0.2, 0.25) is 0 Å². The zero-order valence-electron chi connectivity index (χ0n) is 10.3. The molecule has 1 rings (SSSR count). The summed E-state index contributed by atoms with van der Waals surface area (Å²) >= 11 is 1.59. The van der Waals surface area contributed by atoms with Gasteiger partial charge in [-0.3, -0.25) is 0 Å². The second-order valence-electron chi connectivity index (χ2n) is 4.03. The summed E-state index contributed by atoms with van der Waals surface area (Å²) in [6.45, 7) is 4.27. The number of nitrogens with one attached hydrogen (secondary N) is 2. The molecule has 1 atom stereocenters. The molecular weight excluding hydrogens is 265 g/mol. The summed E-state index contributed by atoms with van der Waals surface area (Å²) in [4.78, 5) is 13.4. The maximum atomic E-state index is 11.9. The molecule has 0 saturated carbocycles. The number of hydrogen-bond acceptors (Lipinski definition) is 2. The zero-order valence-corrected chi connectivity index (χ0v) is 11.1. The number of thiophene rings is 1. The fraction of sp³-hybridized carbons (Fsp3) is 0.545. The molecule has 102 valence electrons. The summed E-state index contributed by atoms with van der Waals surface area (Å²) < 4.78 is 35.7. The number of carbonyl (C=O) groups excluding carboxylic acids is 1. The smallest absolute Gasteiger partial charge is 0.332 e. The first-order valence-electron chi connectivity index (χ1n) is 5.37. The van der Waals surface area contributed by atoms with Crippen LogP contribution in [0.15, 0.2) is 6.07 Å². The molecule has 0 radical (unpaired) electrons. The van der Waals surface area contributed by atoms with Gasteiger partial charge in [0.1, 0.15) is 6.54 Å². The SMILES string of the molecule is Cc1cc(C(C)NC(=O)NCC(F)(F)F)c(C)s1. The van der Waals surface area contributed by atoms with Crippen molar-refractivity contribution < 1.29 is 18.0 Å². The first kappa shape index (κ1) is 14.8. The highest BCUT2D eigenvalue weighted by atomic mass is 32.1. The van der Waals surface area contributed by atoms with Crippen molar-refractivity contribution in [3.8, 4) is 0 Å². The lowest BCUT2D eigenvalue weighted by atomic mass is 10.1. The number of rotatable bonds is 3. The van der Waals surface area contributed by atoms with E-state index in [9.17, 15) is 18.0 Å². The molecule has 0 aromatic carbocycles. The van der Waals surface area contributed by atoms with Gasteiger partial charge in [-0.15, -0.1) is 11.3 Å². The minimum absolute atomic E-state index is 0.316. The molecule has 1 aromatic heterocycles. The maximum Gasteiger partial charge on any atom is 0.405 e. The van der Waals surface area contributed by atoms with Gasteiger partial charge < -0.3 is 10.6 Å². The molecule has 18 heavy (non-hydrogen) atoms. The van der Waals surface area contributed by atoms with Crippen LogP contribution in [0.25, 0.3) is 0 Å². The molecule has 0 saturated heterocycles. The fourth-order valence-electron chi connectivity index (χ4n) is 1.59. The van der Waals surface area contributed by atoms with Gasteiger partial charge in [-0.1, -0.05) is 0 Å². The van der Waals surface area contributed by atoms with E-state index in [0.717, 1.165) is 15.3 Å². The second kappa shape index (κ2) is 5.60. The highest BCUT2D eigenvalue weighted by Gasteiger charge is 2.28.